The summed E-state index contributed by atoms with van der Waals surface area (Å²) in [6.07, 6.45) is 0. The van der Waals surface area contributed by atoms with Crippen LogP contribution in [0.5, 0.6) is 0 Å². The first-order valence-electron chi connectivity index (χ1n) is 16.8. The lowest BCUT2D eigenvalue weighted by Gasteiger charge is -2.15. The molecule has 0 aliphatic rings. The monoisotopic (exact) mass is 639 g/mol. The fraction of sp³-hybridized carbons (Fsp3) is 0. The molecule has 10 aromatic rings. The number of hydrogen-bond acceptors (Lipinski definition) is 3. The minimum atomic E-state index is 0.616. The molecule has 0 saturated carbocycles. The molecule has 0 bridgehead atoms. The van der Waals surface area contributed by atoms with Crippen molar-refractivity contribution in [2.24, 2.45) is 0 Å². The van der Waals surface area contributed by atoms with Crippen molar-refractivity contribution in [1.29, 1.82) is 0 Å². The van der Waals surface area contributed by atoms with Gasteiger partial charge in [-0.2, -0.15) is 0 Å². The molecule has 5 nitrogen and oxygen atoms in total. The molecule has 234 valence electrons. The smallest absolute Gasteiger partial charge is 0.166 e. The fourth-order valence-electron chi connectivity index (χ4n) is 7.36. The van der Waals surface area contributed by atoms with Gasteiger partial charge in [-0.3, -0.25) is 0 Å². The van der Waals surface area contributed by atoms with Gasteiger partial charge >= 0.3 is 0 Å². The molecule has 0 unspecified atom stereocenters. The summed E-state index contributed by atoms with van der Waals surface area (Å²) in [5.41, 5.74) is 9.39. The van der Waals surface area contributed by atoms with E-state index in [2.05, 4.69) is 149 Å². The number of aromatic nitrogens is 5. The first kappa shape index (κ1) is 28.2. The second kappa shape index (κ2) is 11.4. The number of nitrogens with zero attached hydrogens (tertiary/aromatic N) is 5. The summed E-state index contributed by atoms with van der Waals surface area (Å²) in [7, 11) is 0. The molecule has 5 heteroatoms. The van der Waals surface area contributed by atoms with Crippen molar-refractivity contribution >= 4 is 43.6 Å². The molecule has 0 fully saturated rings. The van der Waals surface area contributed by atoms with Crippen molar-refractivity contribution in [2.75, 3.05) is 0 Å². The number of benzene rings is 7. The maximum absolute atomic E-state index is 5.26. The van der Waals surface area contributed by atoms with E-state index in [1.54, 1.807) is 0 Å². The van der Waals surface area contributed by atoms with Gasteiger partial charge in [-0.25, -0.2) is 15.0 Å². The maximum Gasteiger partial charge on any atom is 0.166 e. The number of rotatable bonds is 5. The normalized spacial score (nSPS) is 11.6. The summed E-state index contributed by atoms with van der Waals surface area (Å²) >= 11 is 0. The first-order valence-corrected chi connectivity index (χ1v) is 16.8. The Balaban J connectivity index is 1.38. The summed E-state index contributed by atoms with van der Waals surface area (Å²) in [6.45, 7) is 0. The zero-order valence-corrected chi connectivity index (χ0v) is 27.0. The van der Waals surface area contributed by atoms with Gasteiger partial charge in [0.2, 0.25) is 0 Å². The van der Waals surface area contributed by atoms with Crippen molar-refractivity contribution in [2.45, 2.75) is 0 Å². The van der Waals surface area contributed by atoms with Gasteiger partial charge < -0.3 is 9.13 Å². The van der Waals surface area contributed by atoms with Crippen LogP contribution in [-0.4, -0.2) is 24.1 Å². The van der Waals surface area contributed by atoms with E-state index in [-0.39, 0.29) is 0 Å². The Bertz CT molecular complexity index is 2740. The van der Waals surface area contributed by atoms with Crippen LogP contribution in [0.2, 0.25) is 0 Å². The minimum absolute atomic E-state index is 0.616. The van der Waals surface area contributed by atoms with Crippen molar-refractivity contribution in [1.82, 2.24) is 24.1 Å². The average Bonchev–Trinajstić information content (AvgIpc) is 3.71. The van der Waals surface area contributed by atoms with Gasteiger partial charge in [-0.1, -0.05) is 133 Å². The average molecular weight is 640 g/mol. The van der Waals surface area contributed by atoms with E-state index in [1.165, 1.54) is 10.8 Å². The predicted octanol–water partition coefficient (Wildman–Crippen LogP) is 11.1. The summed E-state index contributed by atoms with van der Waals surface area (Å²) in [5.74, 6) is 1.88. The summed E-state index contributed by atoms with van der Waals surface area (Å²) in [5, 5.41) is 4.72. The van der Waals surface area contributed by atoms with Gasteiger partial charge in [0, 0.05) is 49.6 Å². The molecule has 7 aromatic carbocycles. The van der Waals surface area contributed by atoms with Gasteiger partial charge in [0.1, 0.15) is 0 Å². The lowest BCUT2D eigenvalue weighted by atomic mass is 10.1. The highest BCUT2D eigenvalue weighted by Crippen LogP contribution is 2.41. The molecule has 0 spiro atoms. The highest BCUT2D eigenvalue weighted by molar-refractivity contribution is 6.15. The van der Waals surface area contributed by atoms with Crippen LogP contribution >= 0.6 is 0 Å². The van der Waals surface area contributed by atoms with Crippen LogP contribution in [0.15, 0.2) is 176 Å². The molecule has 0 amide bonds. The molecule has 0 atom stereocenters. The van der Waals surface area contributed by atoms with E-state index in [0.29, 0.717) is 17.5 Å². The highest BCUT2D eigenvalue weighted by Gasteiger charge is 2.23. The fourth-order valence-corrected chi connectivity index (χ4v) is 7.36. The Labute approximate surface area is 288 Å². The van der Waals surface area contributed by atoms with Gasteiger partial charge in [-0.05, 0) is 42.5 Å². The predicted molar refractivity (Wildman–Crippen MR) is 205 cm³/mol. The third-order valence-electron chi connectivity index (χ3n) is 9.55. The topological polar surface area (TPSA) is 48.5 Å². The van der Waals surface area contributed by atoms with Crippen LogP contribution in [0, 0.1) is 0 Å². The van der Waals surface area contributed by atoms with E-state index in [1.807, 2.05) is 36.4 Å². The summed E-state index contributed by atoms with van der Waals surface area (Å²) in [6, 6.07) is 61.4. The minimum Gasteiger partial charge on any atom is -0.309 e. The van der Waals surface area contributed by atoms with Gasteiger partial charge in [0.15, 0.2) is 17.5 Å². The van der Waals surface area contributed by atoms with Gasteiger partial charge in [-0.15, -0.1) is 0 Å². The van der Waals surface area contributed by atoms with Crippen molar-refractivity contribution in [3.63, 3.8) is 0 Å². The Kier molecular flexibility index (Phi) is 6.42. The zero-order chi connectivity index (χ0) is 33.0. The third-order valence-corrected chi connectivity index (χ3v) is 9.55. The van der Waals surface area contributed by atoms with Crippen LogP contribution in [0.4, 0.5) is 0 Å². The van der Waals surface area contributed by atoms with Crippen molar-refractivity contribution < 1.29 is 0 Å². The molecular weight excluding hydrogens is 611 g/mol. The lowest BCUT2D eigenvalue weighted by molar-refractivity contribution is 1.07. The molecule has 0 aliphatic carbocycles. The van der Waals surface area contributed by atoms with Crippen molar-refractivity contribution in [3.05, 3.63) is 176 Å². The van der Waals surface area contributed by atoms with Gasteiger partial charge in [0.25, 0.3) is 0 Å². The third kappa shape index (κ3) is 4.45. The number of hydrogen-bond donors (Lipinski definition) is 0. The second-order valence-corrected chi connectivity index (χ2v) is 12.5. The SMILES string of the molecule is c1ccc(-c2nc(-c3ccccc3)nc(-c3cc(-n4c5ccccc5c5ccccc54)cc4c5ccccc5n(-c5ccccc5)c34)n2)cc1. The van der Waals surface area contributed by atoms with Crippen LogP contribution < -0.4 is 0 Å². The van der Waals surface area contributed by atoms with E-state index in [9.17, 15) is 0 Å². The van der Waals surface area contributed by atoms with Crippen molar-refractivity contribution in [3.8, 4) is 45.5 Å². The summed E-state index contributed by atoms with van der Waals surface area (Å²) < 4.78 is 4.73. The Morgan fingerprint density at radius 3 is 1.28 bits per heavy atom. The van der Waals surface area contributed by atoms with E-state index in [4.69, 9.17) is 15.0 Å². The largest absolute Gasteiger partial charge is 0.309 e. The van der Waals surface area contributed by atoms with Crippen LogP contribution in [0.25, 0.3) is 89.2 Å². The Morgan fingerprint density at radius 2 is 0.740 bits per heavy atom. The maximum atomic E-state index is 5.26. The zero-order valence-electron chi connectivity index (χ0n) is 27.0. The molecule has 3 aromatic heterocycles. The Hall–Kier alpha value is -6.85. The molecule has 10 rings (SSSR count). The van der Waals surface area contributed by atoms with E-state index >= 15 is 0 Å². The number of fused-ring (bicyclic) bond motifs is 6. The van der Waals surface area contributed by atoms with E-state index in [0.717, 1.165) is 60.9 Å². The van der Waals surface area contributed by atoms with Crippen LogP contribution in [-0.2, 0) is 0 Å². The standard InChI is InChI=1S/C45H29N5/c1-4-16-30(17-5-1)43-46-44(31-18-6-2-7-19-31)48-45(47-43)38-29-33(49-39-25-13-10-22-34(39)35-23-11-14-26-40(35)49)28-37-36-24-12-15-27-41(36)50(42(37)38)32-20-8-3-9-21-32/h1-29H. The highest BCUT2D eigenvalue weighted by atomic mass is 15.1. The Morgan fingerprint density at radius 1 is 0.320 bits per heavy atom. The van der Waals surface area contributed by atoms with E-state index < -0.39 is 0 Å². The van der Waals surface area contributed by atoms with Crippen LogP contribution in [0.3, 0.4) is 0 Å². The number of para-hydroxylation sites is 4. The molecule has 50 heavy (non-hydrogen) atoms. The molecule has 0 radical (unpaired) electrons. The first-order chi connectivity index (χ1) is 24.8. The summed E-state index contributed by atoms with van der Waals surface area (Å²) in [4.78, 5) is 15.5. The molecule has 3 heterocycles. The van der Waals surface area contributed by atoms with Gasteiger partial charge in [0.05, 0.1) is 22.1 Å². The molecule has 0 aliphatic heterocycles. The molecule has 0 N–H and O–H groups in total. The lowest BCUT2D eigenvalue weighted by Crippen LogP contribution is -2.03. The molecule has 0 saturated heterocycles. The quantitative estimate of drug-likeness (QED) is 0.188. The second-order valence-electron chi connectivity index (χ2n) is 12.5. The van der Waals surface area contributed by atoms with Crippen LogP contribution in [0.1, 0.15) is 0 Å². The molecular formula is C45H29N5.